The number of fused-ring (bicyclic) bond motifs is 1. The summed E-state index contributed by atoms with van der Waals surface area (Å²) in [6.45, 7) is 1.74. The summed E-state index contributed by atoms with van der Waals surface area (Å²) >= 11 is 0. The summed E-state index contributed by atoms with van der Waals surface area (Å²) in [5.74, 6) is 0.568. The van der Waals surface area contributed by atoms with Crippen molar-refractivity contribution in [1.29, 1.82) is 0 Å². The second-order valence-electron chi connectivity index (χ2n) is 6.07. The molecule has 0 saturated carbocycles. The zero-order chi connectivity index (χ0) is 17.4. The largest absolute Gasteiger partial charge is 0.344 e. The molecule has 8 heteroatoms. The Hall–Kier alpha value is -3.16. The smallest absolute Gasteiger partial charge is 0.263 e. The highest BCUT2D eigenvalue weighted by Crippen LogP contribution is 2.17. The Morgan fingerprint density at radius 1 is 1.08 bits per heavy atom. The van der Waals surface area contributed by atoms with E-state index in [9.17, 15) is 9.59 Å². The van der Waals surface area contributed by atoms with Crippen LogP contribution in [0.15, 0.2) is 41.3 Å². The van der Waals surface area contributed by atoms with Gasteiger partial charge in [-0.1, -0.05) is 18.2 Å². The van der Waals surface area contributed by atoms with Gasteiger partial charge < -0.3 is 9.80 Å². The number of H-pyrrole nitrogens is 1. The first-order valence-corrected chi connectivity index (χ1v) is 8.16. The van der Waals surface area contributed by atoms with Gasteiger partial charge in [-0.05, 0) is 12.1 Å². The van der Waals surface area contributed by atoms with E-state index < -0.39 is 0 Å². The molecule has 25 heavy (non-hydrogen) atoms. The van der Waals surface area contributed by atoms with Crippen molar-refractivity contribution in [2.75, 3.05) is 31.6 Å². The van der Waals surface area contributed by atoms with E-state index in [1.807, 2.05) is 35.2 Å². The Bertz CT molecular complexity index is 978. The number of carbonyl (C=O) groups excluding carboxylic acids is 1. The average Bonchev–Trinajstić information content (AvgIpc) is 2.99. The fourth-order valence-corrected chi connectivity index (χ4v) is 2.96. The van der Waals surface area contributed by atoms with Crippen molar-refractivity contribution in [3.8, 4) is 5.69 Å². The number of nitrogens with one attached hydrogen (secondary N) is 1. The quantitative estimate of drug-likeness (QED) is 0.746. The van der Waals surface area contributed by atoms with Crippen LogP contribution in [0.5, 0.6) is 0 Å². The fourth-order valence-electron chi connectivity index (χ4n) is 2.96. The van der Waals surface area contributed by atoms with Gasteiger partial charge in [-0.15, -0.1) is 0 Å². The molecule has 1 saturated heterocycles. The monoisotopic (exact) mass is 338 g/mol. The van der Waals surface area contributed by atoms with Crippen molar-refractivity contribution in [2.24, 2.45) is 0 Å². The van der Waals surface area contributed by atoms with Crippen LogP contribution in [0, 0.1) is 0 Å². The molecule has 8 nitrogen and oxygen atoms in total. The number of aromatic amines is 1. The zero-order valence-corrected chi connectivity index (χ0v) is 13.8. The molecule has 0 unspecified atom stereocenters. The van der Waals surface area contributed by atoms with Gasteiger partial charge in [0.05, 0.1) is 11.9 Å². The molecule has 4 rings (SSSR count). The van der Waals surface area contributed by atoms with Gasteiger partial charge >= 0.3 is 0 Å². The fraction of sp³-hybridized carbons (Fsp3) is 0.294. The van der Waals surface area contributed by atoms with E-state index in [0.717, 1.165) is 5.69 Å². The van der Waals surface area contributed by atoms with E-state index in [-0.39, 0.29) is 11.5 Å². The van der Waals surface area contributed by atoms with Gasteiger partial charge in [-0.3, -0.25) is 14.6 Å². The number of hydrogen-bond donors (Lipinski definition) is 1. The topological polar surface area (TPSA) is 87.1 Å². The van der Waals surface area contributed by atoms with Crippen LogP contribution in [0.25, 0.3) is 16.7 Å². The van der Waals surface area contributed by atoms with Crippen LogP contribution in [0.3, 0.4) is 0 Å². The standard InChI is InChI=1S/C17H18N6O2/c1-21-9-10-22(8-7-14(21)24)17-19-15-13(16(25)20-17)11-18-23(15)12-5-3-2-4-6-12/h2-6,11H,7-10H2,1H3,(H,19,20,25). The molecule has 0 bridgehead atoms. The molecule has 3 aromatic rings. The lowest BCUT2D eigenvalue weighted by Crippen LogP contribution is -2.32. The van der Waals surface area contributed by atoms with Gasteiger partial charge in [0.25, 0.3) is 5.56 Å². The number of benzene rings is 1. The molecule has 1 aliphatic rings. The van der Waals surface area contributed by atoms with Crippen molar-refractivity contribution in [1.82, 2.24) is 24.6 Å². The third-order valence-electron chi connectivity index (χ3n) is 4.45. The number of carbonyl (C=O) groups is 1. The van der Waals surface area contributed by atoms with Gasteiger partial charge in [0.1, 0.15) is 5.39 Å². The molecule has 1 fully saturated rings. The molecule has 1 aliphatic heterocycles. The number of likely N-dealkylation sites (N-methyl/N-ethyl adjacent to an activating group) is 1. The summed E-state index contributed by atoms with van der Waals surface area (Å²) in [7, 11) is 1.79. The second kappa shape index (κ2) is 6.04. The van der Waals surface area contributed by atoms with Crippen LogP contribution in [0.2, 0.25) is 0 Å². The van der Waals surface area contributed by atoms with Crippen molar-refractivity contribution in [3.05, 3.63) is 46.9 Å². The Morgan fingerprint density at radius 3 is 2.68 bits per heavy atom. The van der Waals surface area contributed by atoms with Crippen molar-refractivity contribution < 1.29 is 4.79 Å². The van der Waals surface area contributed by atoms with E-state index in [1.165, 1.54) is 6.20 Å². The van der Waals surface area contributed by atoms with E-state index in [2.05, 4.69) is 15.1 Å². The summed E-state index contributed by atoms with van der Waals surface area (Å²) in [5, 5.41) is 4.75. The first-order valence-electron chi connectivity index (χ1n) is 8.16. The maximum Gasteiger partial charge on any atom is 0.263 e. The molecule has 0 aliphatic carbocycles. The van der Waals surface area contributed by atoms with Gasteiger partial charge in [0, 0.05) is 33.1 Å². The molecule has 2 aromatic heterocycles. The molecule has 1 N–H and O–H groups in total. The van der Waals surface area contributed by atoms with E-state index in [1.54, 1.807) is 16.6 Å². The van der Waals surface area contributed by atoms with Crippen LogP contribution >= 0.6 is 0 Å². The van der Waals surface area contributed by atoms with Crippen LogP contribution in [-0.4, -0.2) is 57.2 Å². The van der Waals surface area contributed by atoms with E-state index in [4.69, 9.17) is 0 Å². The summed E-state index contributed by atoms with van der Waals surface area (Å²) in [5.41, 5.74) is 1.12. The molecule has 1 amide bonds. The molecule has 0 radical (unpaired) electrons. The first kappa shape index (κ1) is 15.4. The third-order valence-corrected chi connectivity index (χ3v) is 4.45. The van der Waals surface area contributed by atoms with Crippen molar-refractivity contribution in [3.63, 3.8) is 0 Å². The highest BCUT2D eigenvalue weighted by atomic mass is 16.2. The minimum absolute atomic E-state index is 0.0975. The van der Waals surface area contributed by atoms with Gasteiger partial charge in [0.2, 0.25) is 11.9 Å². The molecule has 3 heterocycles. The molecule has 0 atom stereocenters. The molecule has 1 aromatic carbocycles. The van der Waals surface area contributed by atoms with Crippen molar-refractivity contribution >= 4 is 22.9 Å². The maximum atomic E-state index is 12.4. The number of anilines is 1. The Kier molecular flexibility index (Phi) is 3.72. The summed E-state index contributed by atoms with van der Waals surface area (Å²) in [6.07, 6.45) is 1.92. The molecular weight excluding hydrogens is 320 g/mol. The SMILES string of the molecule is CN1CCN(c2nc3c(cnn3-c3ccccc3)c(=O)[nH]2)CCC1=O. The third kappa shape index (κ3) is 2.75. The number of rotatable bonds is 2. The van der Waals surface area contributed by atoms with Crippen LogP contribution < -0.4 is 10.5 Å². The minimum Gasteiger partial charge on any atom is -0.344 e. The van der Waals surface area contributed by atoms with Crippen molar-refractivity contribution in [2.45, 2.75) is 6.42 Å². The van der Waals surface area contributed by atoms with Gasteiger partial charge in [-0.2, -0.15) is 10.1 Å². The Balaban J connectivity index is 1.78. The Labute approximate surface area is 143 Å². The predicted molar refractivity (Wildman–Crippen MR) is 94.0 cm³/mol. The number of amides is 1. The van der Waals surface area contributed by atoms with Gasteiger partial charge in [-0.25, -0.2) is 4.68 Å². The number of nitrogens with zero attached hydrogens (tertiary/aromatic N) is 5. The lowest BCUT2D eigenvalue weighted by molar-refractivity contribution is -0.129. The number of aromatic nitrogens is 4. The number of hydrogen-bond acceptors (Lipinski definition) is 5. The summed E-state index contributed by atoms with van der Waals surface area (Å²) < 4.78 is 1.66. The van der Waals surface area contributed by atoms with Crippen LogP contribution in [0.4, 0.5) is 5.95 Å². The second-order valence-corrected chi connectivity index (χ2v) is 6.07. The van der Waals surface area contributed by atoms with Gasteiger partial charge in [0.15, 0.2) is 5.65 Å². The highest BCUT2D eigenvalue weighted by molar-refractivity contribution is 5.78. The summed E-state index contributed by atoms with van der Waals surface area (Å²) in [6, 6.07) is 9.56. The average molecular weight is 338 g/mol. The minimum atomic E-state index is -0.230. The Morgan fingerprint density at radius 2 is 1.88 bits per heavy atom. The highest BCUT2D eigenvalue weighted by Gasteiger charge is 2.21. The number of para-hydroxylation sites is 1. The van der Waals surface area contributed by atoms with Crippen LogP contribution in [-0.2, 0) is 4.79 Å². The molecule has 0 spiro atoms. The van der Waals surface area contributed by atoms with E-state index >= 15 is 0 Å². The lowest BCUT2D eigenvalue weighted by Gasteiger charge is -2.20. The zero-order valence-electron chi connectivity index (χ0n) is 13.8. The summed E-state index contributed by atoms with van der Waals surface area (Å²) in [4.78, 5) is 35.4. The normalized spacial score (nSPS) is 15.6. The first-order chi connectivity index (χ1) is 12.1. The lowest BCUT2D eigenvalue weighted by atomic mass is 10.3. The molecule has 128 valence electrons. The maximum absolute atomic E-state index is 12.4. The predicted octanol–water partition coefficient (Wildman–Crippen LogP) is 0.777. The van der Waals surface area contributed by atoms with Crippen LogP contribution in [0.1, 0.15) is 6.42 Å². The van der Waals surface area contributed by atoms with E-state index in [0.29, 0.717) is 43.0 Å². The molecular formula is C17H18N6O2.